The Kier molecular flexibility index (Phi) is 10.2. The molecular formula is C24H31N3O4S. The predicted molar refractivity (Wildman–Crippen MR) is 128 cm³/mol. The van der Waals surface area contributed by atoms with E-state index in [9.17, 15) is 19.7 Å². The third-order valence-electron chi connectivity index (χ3n) is 5.18. The van der Waals surface area contributed by atoms with Crippen LogP contribution < -0.4 is 5.32 Å². The molecule has 32 heavy (non-hydrogen) atoms. The van der Waals surface area contributed by atoms with Gasteiger partial charge in [0.15, 0.2) is 0 Å². The number of carbonyl (C=O) groups is 2. The summed E-state index contributed by atoms with van der Waals surface area (Å²) in [6.45, 7) is 6.86. The van der Waals surface area contributed by atoms with Gasteiger partial charge in [-0.1, -0.05) is 50.2 Å². The van der Waals surface area contributed by atoms with E-state index in [2.05, 4.69) is 5.32 Å². The van der Waals surface area contributed by atoms with Crippen LogP contribution in [-0.4, -0.2) is 40.0 Å². The Hall–Kier alpha value is -2.87. The molecule has 0 unspecified atom stereocenters. The van der Waals surface area contributed by atoms with E-state index >= 15 is 0 Å². The van der Waals surface area contributed by atoms with Gasteiger partial charge >= 0.3 is 0 Å². The minimum absolute atomic E-state index is 0.0445. The van der Waals surface area contributed by atoms with Gasteiger partial charge in [-0.2, -0.15) is 0 Å². The Morgan fingerprint density at radius 2 is 1.81 bits per heavy atom. The van der Waals surface area contributed by atoms with Gasteiger partial charge in [0.1, 0.15) is 6.04 Å². The molecular weight excluding hydrogens is 426 g/mol. The lowest BCUT2D eigenvalue weighted by Crippen LogP contribution is -2.49. The molecule has 2 aromatic carbocycles. The summed E-state index contributed by atoms with van der Waals surface area (Å²) >= 11 is 1.44. The van der Waals surface area contributed by atoms with Gasteiger partial charge in [0.25, 0.3) is 5.69 Å². The second-order valence-electron chi connectivity index (χ2n) is 7.58. The lowest BCUT2D eigenvalue weighted by molar-refractivity contribution is -0.384. The predicted octanol–water partition coefficient (Wildman–Crippen LogP) is 4.47. The van der Waals surface area contributed by atoms with E-state index in [1.54, 1.807) is 17.0 Å². The molecule has 0 saturated heterocycles. The van der Waals surface area contributed by atoms with Gasteiger partial charge in [-0.3, -0.25) is 19.7 Å². The quantitative estimate of drug-likeness (QED) is 0.375. The number of rotatable bonds is 12. The van der Waals surface area contributed by atoms with Crippen molar-refractivity contribution in [3.8, 4) is 0 Å². The third-order valence-corrected chi connectivity index (χ3v) is 6.17. The average molecular weight is 458 g/mol. The number of hydrogen-bond acceptors (Lipinski definition) is 5. The SMILES string of the molecule is CCCNC(=O)[C@@H](CC)N(Cc1ccccc1C)C(=O)CSCc1ccc([N+](=O)[O-])cc1. The number of nitrogens with zero attached hydrogens (tertiary/aromatic N) is 2. The minimum atomic E-state index is -0.534. The van der Waals surface area contributed by atoms with E-state index in [1.807, 2.05) is 45.0 Å². The first kappa shape index (κ1) is 25.4. The van der Waals surface area contributed by atoms with Gasteiger partial charge in [-0.05, 0) is 36.5 Å². The fourth-order valence-corrected chi connectivity index (χ4v) is 4.18. The first-order chi connectivity index (χ1) is 15.4. The van der Waals surface area contributed by atoms with Crippen molar-refractivity contribution in [1.29, 1.82) is 0 Å². The number of aryl methyl sites for hydroxylation is 1. The van der Waals surface area contributed by atoms with Gasteiger partial charge in [0, 0.05) is 31.0 Å². The summed E-state index contributed by atoms with van der Waals surface area (Å²) in [6.07, 6.45) is 1.36. The van der Waals surface area contributed by atoms with E-state index < -0.39 is 11.0 Å². The number of hydrogen-bond donors (Lipinski definition) is 1. The third kappa shape index (κ3) is 7.37. The average Bonchev–Trinajstić information content (AvgIpc) is 2.79. The Labute approximate surface area is 193 Å². The first-order valence-corrected chi connectivity index (χ1v) is 12.0. The molecule has 0 bridgehead atoms. The standard InChI is InChI=1S/C24H31N3O4S/c1-4-14-25-24(29)22(5-2)26(15-20-9-7-6-8-18(20)3)23(28)17-32-16-19-10-12-21(13-11-19)27(30)31/h6-13,22H,4-5,14-17H2,1-3H3,(H,25,29)/t22-/m1/s1. The normalized spacial score (nSPS) is 11.6. The molecule has 0 aromatic heterocycles. The fraction of sp³-hybridized carbons (Fsp3) is 0.417. The topological polar surface area (TPSA) is 92.6 Å². The van der Waals surface area contributed by atoms with E-state index in [-0.39, 0.29) is 23.3 Å². The lowest BCUT2D eigenvalue weighted by atomic mass is 10.1. The molecule has 0 saturated carbocycles. The highest BCUT2D eigenvalue weighted by molar-refractivity contribution is 7.99. The largest absolute Gasteiger partial charge is 0.354 e. The Morgan fingerprint density at radius 1 is 1.12 bits per heavy atom. The summed E-state index contributed by atoms with van der Waals surface area (Å²) in [7, 11) is 0. The number of nitro groups is 1. The van der Waals surface area contributed by atoms with Gasteiger partial charge in [-0.15, -0.1) is 11.8 Å². The van der Waals surface area contributed by atoms with Crippen LogP contribution in [0.2, 0.25) is 0 Å². The van der Waals surface area contributed by atoms with Crippen molar-refractivity contribution in [1.82, 2.24) is 10.2 Å². The zero-order chi connectivity index (χ0) is 23.5. The molecule has 1 N–H and O–H groups in total. The summed E-state index contributed by atoms with van der Waals surface area (Å²) < 4.78 is 0. The second-order valence-corrected chi connectivity index (χ2v) is 8.57. The molecule has 2 aromatic rings. The van der Waals surface area contributed by atoms with Crippen molar-refractivity contribution >= 4 is 29.3 Å². The maximum Gasteiger partial charge on any atom is 0.269 e. The number of thioether (sulfide) groups is 1. The highest BCUT2D eigenvalue weighted by atomic mass is 32.2. The van der Waals surface area contributed by atoms with Crippen LogP contribution >= 0.6 is 11.8 Å². The fourth-order valence-electron chi connectivity index (χ4n) is 3.31. The van der Waals surface area contributed by atoms with Crippen LogP contribution in [0.15, 0.2) is 48.5 Å². The monoisotopic (exact) mass is 457 g/mol. The molecule has 2 amide bonds. The molecule has 0 spiro atoms. The minimum Gasteiger partial charge on any atom is -0.354 e. The van der Waals surface area contributed by atoms with Crippen LogP contribution in [0.4, 0.5) is 5.69 Å². The molecule has 172 valence electrons. The Morgan fingerprint density at radius 3 is 2.41 bits per heavy atom. The van der Waals surface area contributed by atoms with Gasteiger partial charge in [-0.25, -0.2) is 0 Å². The number of nitro benzene ring substituents is 1. The van der Waals surface area contributed by atoms with Crippen LogP contribution in [0.5, 0.6) is 0 Å². The maximum absolute atomic E-state index is 13.2. The van der Waals surface area contributed by atoms with Crippen molar-refractivity contribution in [3.05, 3.63) is 75.3 Å². The van der Waals surface area contributed by atoms with Crippen molar-refractivity contribution in [2.75, 3.05) is 12.3 Å². The molecule has 0 heterocycles. The lowest BCUT2D eigenvalue weighted by Gasteiger charge is -2.31. The first-order valence-electron chi connectivity index (χ1n) is 10.8. The molecule has 8 heteroatoms. The summed E-state index contributed by atoms with van der Waals surface area (Å²) in [5.74, 6) is 0.552. The van der Waals surface area contributed by atoms with Crippen molar-refractivity contribution in [3.63, 3.8) is 0 Å². The number of amides is 2. The smallest absolute Gasteiger partial charge is 0.269 e. The summed E-state index contributed by atoms with van der Waals surface area (Å²) in [6, 6.07) is 13.7. The van der Waals surface area contributed by atoms with Crippen molar-refractivity contribution in [2.24, 2.45) is 0 Å². The summed E-state index contributed by atoms with van der Waals surface area (Å²) in [4.78, 5) is 38.0. The zero-order valence-corrected chi connectivity index (χ0v) is 19.7. The summed E-state index contributed by atoms with van der Waals surface area (Å²) in [5, 5.41) is 13.7. The molecule has 0 radical (unpaired) electrons. The number of benzene rings is 2. The molecule has 0 aliphatic rings. The van der Waals surface area contributed by atoms with Crippen molar-refractivity contribution in [2.45, 2.75) is 52.0 Å². The van der Waals surface area contributed by atoms with Gasteiger partial charge in [0.2, 0.25) is 11.8 Å². The van der Waals surface area contributed by atoms with E-state index in [0.29, 0.717) is 25.3 Å². The Balaban J connectivity index is 2.10. The Bertz CT molecular complexity index is 918. The van der Waals surface area contributed by atoms with Crippen LogP contribution in [-0.2, 0) is 21.9 Å². The van der Waals surface area contributed by atoms with E-state index in [4.69, 9.17) is 0 Å². The highest BCUT2D eigenvalue weighted by Crippen LogP contribution is 2.20. The van der Waals surface area contributed by atoms with Crippen molar-refractivity contribution < 1.29 is 14.5 Å². The van der Waals surface area contributed by atoms with Crippen LogP contribution in [0.1, 0.15) is 43.4 Å². The van der Waals surface area contributed by atoms with E-state index in [1.165, 1.54) is 23.9 Å². The van der Waals surface area contributed by atoms with E-state index in [0.717, 1.165) is 23.1 Å². The molecule has 1 atom stereocenters. The van der Waals surface area contributed by atoms with Crippen LogP contribution in [0, 0.1) is 17.0 Å². The van der Waals surface area contributed by atoms with Crippen LogP contribution in [0.25, 0.3) is 0 Å². The maximum atomic E-state index is 13.2. The highest BCUT2D eigenvalue weighted by Gasteiger charge is 2.28. The molecule has 2 rings (SSSR count). The number of non-ortho nitro benzene ring substituents is 1. The summed E-state index contributed by atoms with van der Waals surface area (Å²) in [5.41, 5.74) is 3.05. The molecule has 0 aliphatic heterocycles. The van der Waals surface area contributed by atoms with Gasteiger partial charge in [0.05, 0.1) is 10.7 Å². The second kappa shape index (κ2) is 12.9. The zero-order valence-electron chi connectivity index (χ0n) is 18.9. The number of carbonyl (C=O) groups excluding carboxylic acids is 2. The molecule has 7 nitrogen and oxygen atoms in total. The molecule has 0 aliphatic carbocycles. The van der Waals surface area contributed by atoms with Crippen LogP contribution in [0.3, 0.4) is 0 Å². The number of nitrogens with one attached hydrogen (secondary N) is 1. The van der Waals surface area contributed by atoms with Gasteiger partial charge < -0.3 is 10.2 Å². The molecule has 0 fully saturated rings.